The molecule has 0 bridgehead atoms. The van der Waals surface area contributed by atoms with Gasteiger partial charge in [-0.2, -0.15) is 0 Å². The van der Waals surface area contributed by atoms with Crippen LogP contribution in [-0.4, -0.2) is 55.3 Å². The molecule has 0 saturated carbocycles. The molecule has 4 rings (SSSR count). The van der Waals surface area contributed by atoms with Gasteiger partial charge in [-0.1, -0.05) is 12.1 Å². The van der Waals surface area contributed by atoms with Gasteiger partial charge in [0.2, 0.25) is 0 Å². The molecule has 0 unspecified atom stereocenters. The van der Waals surface area contributed by atoms with Gasteiger partial charge in [-0.3, -0.25) is 4.79 Å². The summed E-state index contributed by atoms with van der Waals surface area (Å²) >= 11 is 2.55. The molecule has 0 spiro atoms. The van der Waals surface area contributed by atoms with Gasteiger partial charge in [-0.05, 0) is 63.1 Å². The number of para-hydroxylation sites is 2. The van der Waals surface area contributed by atoms with Crippen molar-refractivity contribution < 1.29 is 23.9 Å². The van der Waals surface area contributed by atoms with Crippen LogP contribution in [0.25, 0.3) is 0 Å². The van der Waals surface area contributed by atoms with Gasteiger partial charge in [0.1, 0.15) is 16.2 Å². The molecule has 2 aromatic heterocycles. The van der Waals surface area contributed by atoms with Gasteiger partial charge in [0.15, 0.2) is 5.13 Å². The number of hydrogen-bond donors (Lipinski definition) is 3. The Balaban J connectivity index is 1.33. The summed E-state index contributed by atoms with van der Waals surface area (Å²) in [5.74, 6) is -0.386. The fourth-order valence-electron chi connectivity index (χ4n) is 4.17. The van der Waals surface area contributed by atoms with Crippen molar-refractivity contribution in [1.82, 2.24) is 10.3 Å². The number of piperidine rings is 1. The molecule has 1 aromatic carbocycles. The van der Waals surface area contributed by atoms with Crippen LogP contribution in [0.2, 0.25) is 0 Å². The lowest BCUT2D eigenvalue weighted by atomic mass is 9.96. The smallest absolute Gasteiger partial charge is 0.407 e. The van der Waals surface area contributed by atoms with E-state index in [0.29, 0.717) is 33.8 Å². The van der Waals surface area contributed by atoms with E-state index in [2.05, 4.69) is 25.8 Å². The van der Waals surface area contributed by atoms with E-state index in [0.717, 1.165) is 31.6 Å². The van der Waals surface area contributed by atoms with Crippen LogP contribution >= 0.6 is 22.7 Å². The number of anilines is 4. The summed E-state index contributed by atoms with van der Waals surface area (Å²) in [6, 6.07) is 9.48. The van der Waals surface area contributed by atoms with Crippen LogP contribution in [0.15, 0.2) is 41.1 Å². The van der Waals surface area contributed by atoms with E-state index in [1.54, 1.807) is 16.8 Å². The number of amides is 2. The van der Waals surface area contributed by atoms with Crippen molar-refractivity contribution in [3.05, 3.63) is 51.7 Å². The first kappa shape index (κ1) is 28.4. The number of methoxy groups -OCH3 is 1. The zero-order valence-corrected chi connectivity index (χ0v) is 24.0. The number of esters is 1. The zero-order valence-electron chi connectivity index (χ0n) is 22.4. The van der Waals surface area contributed by atoms with Crippen LogP contribution in [0.4, 0.5) is 27.0 Å². The third-order valence-corrected chi connectivity index (χ3v) is 7.71. The van der Waals surface area contributed by atoms with Crippen molar-refractivity contribution in [2.45, 2.75) is 39.2 Å². The van der Waals surface area contributed by atoms with Crippen LogP contribution in [0.3, 0.4) is 0 Å². The Labute approximate surface area is 235 Å². The standard InChI is InChI=1S/C27H33N5O5S2/c1-27(2,3)37-26(35)28-15-17-9-12-32(13-10-17)21-8-6-5-7-18(21)29-23(33)20-16-39-25(31-20)30-19-11-14-38-22(19)24(34)36-4/h5-8,11,14,16-17H,9-10,12-13,15H2,1-4H3,(H,28,35)(H,29,33)(H,30,31). The first-order valence-corrected chi connectivity index (χ1v) is 14.4. The van der Waals surface area contributed by atoms with Gasteiger partial charge in [0, 0.05) is 25.0 Å². The van der Waals surface area contributed by atoms with Crippen molar-refractivity contribution in [2.24, 2.45) is 5.92 Å². The number of hydrogen-bond acceptors (Lipinski definition) is 10. The van der Waals surface area contributed by atoms with E-state index in [1.807, 2.05) is 45.0 Å². The molecule has 10 nitrogen and oxygen atoms in total. The number of aromatic nitrogens is 1. The second-order valence-electron chi connectivity index (χ2n) is 10.1. The van der Waals surface area contributed by atoms with Gasteiger partial charge in [0.25, 0.3) is 5.91 Å². The molecule has 1 fully saturated rings. The summed E-state index contributed by atoms with van der Waals surface area (Å²) in [6.07, 6.45) is 1.43. The fraction of sp³-hybridized carbons (Fsp3) is 0.407. The van der Waals surface area contributed by atoms with Gasteiger partial charge in [-0.15, -0.1) is 22.7 Å². The number of thiophene rings is 1. The number of carbonyl (C=O) groups is 3. The third kappa shape index (κ3) is 7.70. The normalized spacial score (nSPS) is 14.0. The monoisotopic (exact) mass is 571 g/mol. The number of carbonyl (C=O) groups excluding carboxylic acids is 3. The van der Waals surface area contributed by atoms with E-state index < -0.39 is 17.7 Å². The lowest BCUT2D eigenvalue weighted by Crippen LogP contribution is -2.40. The van der Waals surface area contributed by atoms with Gasteiger partial charge in [-0.25, -0.2) is 14.6 Å². The van der Waals surface area contributed by atoms with Gasteiger partial charge in [0.05, 0.1) is 24.2 Å². The molecule has 3 aromatic rings. The maximum Gasteiger partial charge on any atom is 0.407 e. The second-order valence-corrected chi connectivity index (χ2v) is 11.9. The first-order valence-electron chi connectivity index (χ1n) is 12.6. The average molecular weight is 572 g/mol. The van der Waals surface area contributed by atoms with Crippen LogP contribution in [0.5, 0.6) is 0 Å². The molecule has 2 amide bonds. The maximum atomic E-state index is 13.0. The molecule has 12 heteroatoms. The highest BCUT2D eigenvalue weighted by atomic mass is 32.1. The summed E-state index contributed by atoms with van der Waals surface area (Å²) in [5.41, 5.74) is 2.00. The SMILES string of the molecule is COC(=O)c1sccc1Nc1nc(C(=O)Nc2ccccc2N2CCC(CNC(=O)OC(C)(C)C)CC2)cs1. The Kier molecular flexibility index (Phi) is 9.08. The minimum Gasteiger partial charge on any atom is -0.465 e. The molecule has 0 aliphatic carbocycles. The van der Waals surface area contributed by atoms with Crippen LogP contribution in [-0.2, 0) is 9.47 Å². The quantitative estimate of drug-likeness (QED) is 0.293. The first-order chi connectivity index (χ1) is 18.6. The average Bonchev–Trinajstić information content (AvgIpc) is 3.57. The molecule has 1 saturated heterocycles. The molecule has 1 aliphatic heterocycles. The number of ether oxygens (including phenoxy) is 2. The molecular weight excluding hydrogens is 538 g/mol. The molecule has 3 heterocycles. The number of nitrogens with one attached hydrogen (secondary N) is 3. The van der Waals surface area contributed by atoms with E-state index in [1.165, 1.54) is 29.8 Å². The molecule has 3 N–H and O–H groups in total. The summed E-state index contributed by atoms with van der Waals surface area (Å²) in [5, 5.41) is 12.9. The molecule has 0 radical (unpaired) electrons. The van der Waals surface area contributed by atoms with Gasteiger partial charge >= 0.3 is 12.1 Å². The summed E-state index contributed by atoms with van der Waals surface area (Å²) < 4.78 is 10.1. The third-order valence-electron chi connectivity index (χ3n) is 6.06. The van der Waals surface area contributed by atoms with Crippen molar-refractivity contribution in [3.8, 4) is 0 Å². The maximum absolute atomic E-state index is 13.0. The predicted octanol–water partition coefficient (Wildman–Crippen LogP) is 5.73. The second kappa shape index (κ2) is 12.5. The molecular formula is C27H33N5O5S2. The molecule has 0 atom stereocenters. The van der Waals surface area contributed by atoms with Crippen molar-refractivity contribution >= 4 is 62.8 Å². The van der Waals surface area contributed by atoms with Gasteiger partial charge < -0.3 is 30.3 Å². The van der Waals surface area contributed by atoms with E-state index >= 15 is 0 Å². The lowest BCUT2D eigenvalue weighted by molar-refractivity contribution is 0.0515. The van der Waals surface area contributed by atoms with Crippen LogP contribution in [0, 0.1) is 5.92 Å². The van der Waals surface area contributed by atoms with Crippen molar-refractivity contribution in [1.29, 1.82) is 0 Å². The van der Waals surface area contributed by atoms with E-state index in [9.17, 15) is 14.4 Å². The Hall–Kier alpha value is -3.64. The van der Waals surface area contributed by atoms with E-state index in [4.69, 9.17) is 9.47 Å². The number of rotatable bonds is 8. The highest BCUT2D eigenvalue weighted by Gasteiger charge is 2.24. The number of benzene rings is 1. The summed E-state index contributed by atoms with van der Waals surface area (Å²) in [4.78, 5) is 44.1. The Bertz CT molecular complexity index is 1310. The molecule has 208 valence electrons. The zero-order chi connectivity index (χ0) is 28.0. The van der Waals surface area contributed by atoms with Crippen LogP contribution in [0.1, 0.15) is 53.8 Å². The summed E-state index contributed by atoms with van der Waals surface area (Å²) in [7, 11) is 1.34. The fourth-order valence-corrected chi connectivity index (χ4v) is 5.64. The number of thiazole rings is 1. The topological polar surface area (TPSA) is 122 Å². The van der Waals surface area contributed by atoms with Crippen LogP contribution < -0.4 is 20.9 Å². The Morgan fingerprint density at radius 2 is 1.82 bits per heavy atom. The molecule has 1 aliphatic rings. The van der Waals surface area contributed by atoms with Crippen molar-refractivity contribution in [2.75, 3.05) is 42.3 Å². The number of alkyl carbamates (subject to hydrolysis) is 1. The lowest BCUT2D eigenvalue weighted by Gasteiger charge is -2.34. The largest absolute Gasteiger partial charge is 0.465 e. The highest BCUT2D eigenvalue weighted by Crippen LogP contribution is 2.31. The predicted molar refractivity (Wildman–Crippen MR) is 155 cm³/mol. The summed E-state index contributed by atoms with van der Waals surface area (Å²) in [6.45, 7) is 7.73. The van der Waals surface area contributed by atoms with E-state index in [-0.39, 0.29) is 11.6 Å². The Morgan fingerprint density at radius 3 is 2.54 bits per heavy atom. The molecule has 39 heavy (non-hydrogen) atoms. The minimum atomic E-state index is -0.518. The highest BCUT2D eigenvalue weighted by molar-refractivity contribution is 7.14. The Morgan fingerprint density at radius 1 is 1.08 bits per heavy atom. The minimum absolute atomic E-state index is 0.277. The number of nitrogens with zero attached hydrogens (tertiary/aromatic N) is 2. The van der Waals surface area contributed by atoms with Crippen molar-refractivity contribution in [3.63, 3.8) is 0 Å².